The van der Waals surface area contributed by atoms with Gasteiger partial charge in [0.2, 0.25) is 10.0 Å². The molecule has 4 rings (SSSR count). The highest BCUT2D eigenvalue weighted by atomic mass is 32.2. The average Bonchev–Trinajstić information content (AvgIpc) is 3.25. The van der Waals surface area contributed by atoms with Crippen LogP contribution in [-0.4, -0.2) is 48.2 Å². The molecule has 0 radical (unpaired) electrons. The Morgan fingerprint density at radius 1 is 1.31 bits per heavy atom. The molecule has 1 aliphatic heterocycles. The molecule has 2 aromatic heterocycles. The summed E-state index contributed by atoms with van der Waals surface area (Å²) in [5.74, 6) is 0.0539. The number of thiazole rings is 1. The van der Waals surface area contributed by atoms with Gasteiger partial charge in [-0.3, -0.25) is 9.20 Å². The summed E-state index contributed by atoms with van der Waals surface area (Å²) in [6, 6.07) is 9.14. The number of benzene rings is 1. The lowest BCUT2D eigenvalue weighted by Gasteiger charge is -2.32. The van der Waals surface area contributed by atoms with Crippen LogP contribution in [0.4, 0.5) is 0 Å². The first-order valence-corrected chi connectivity index (χ1v) is 12.2. The molecule has 1 fully saturated rings. The third-order valence-corrected chi connectivity index (χ3v) is 7.31. The molecule has 0 bridgehead atoms. The number of rotatable bonds is 6. The Labute approximate surface area is 174 Å². The molecule has 3 aromatic rings. The van der Waals surface area contributed by atoms with Gasteiger partial charge in [0.25, 0.3) is 5.91 Å². The fraction of sp³-hybridized carbons (Fsp3) is 0.400. The van der Waals surface area contributed by atoms with Crippen molar-refractivity contribution in [3.63, 3.8) is 0 Å². The van der Waals surface area contributed by atoms with Crippen LogP contribution in [0.15, 0.2) is 41.9 Å². The second-order valence-corrected chi connectivity index (χ2v) is 10.2. The lowest BCUT2D eigenvalue weighted by atomic mass is 9.98. The van der Waals surface area contributed by atoms with Crippen molar-refractivity contribution in [1.82, 2.24) is 19.0 Å². The second kappa shape index (κ2) is 8.25. The Bertz CT molecular complexity index is 1110. The zero-order chi connectivity index (χ0) is 20.4. The minimum Gasteiger partial charge on any atom is -0.337 e. The Balaban J connectivity index is 1.37. The number of carbonyl (C=O) groups excluding carboxylic acids is 1. The maximum atomic E-state index is 13.0. The lowest BCUT2D eigenvalue weighted by molar-refractivity contribution is 0.0669. The number of likely N-dealkylation sites (tertiary alicyclic amines) is 1. The van der Waals surface area contributed by atoms with Gasteiger partial charge in [0.05, 0.1) is 11.4 Å². The van der Waals surface area contributed by atoms with E-state index in [1.807, 2.05) is 46.0 Å². The number of hydrogen-bond acceptors (Lipinski definition) is 5. The normalized spacial score (nSPS) is 17.7. The monoisotopic (exact) mass is 432 g/mol. The van der Waals surface area contributed by atoms with Crippen LogP contribution in [0.25, 0.3) is 4.96 Å². The molecule has 29 heavy (non-hydrogen) atoms. The summed E-state index contributed by atoms with van der Waals surface area (Å²) in [6.07, 6.45) is 3.64. The number of aromatic nitrogens is 2. The molecule has 0 aliphatic carbocycles. The summed E-state index contributed by atoms with van der Waals surface area (Å²) >= 11 is 1.46. The number of piperidine rings is 1. The maximum absolute atomic E-state index is 13.0. The third-order valence-electron chi connectivity index (χ3n) is 5.15. The van der Waals surface area contributed by atoms with Gasteiger partial charge < -0.3 is 4.90 Å². The van der Waals surface area contributed by atoms with Crippen molar-refractivity contribution < 1.29 is 13.2 Å². The van der Waals surface area contributed by atoms with Crippen LogP contribution in [0.5, 0.6) is 0 Å². The van der Waals surface area contributed by atoms with Gasteiger partial charge in [-0.1, -0.05) is 30.3 Å². The Morgan fingerprint density at radius 3 is 2.90 bits per heavy atom. The second-order valence-electron chi connectivity index (χ2n) is 7.51. The predicted octanol–water partition coefficient (Wildman–Crippen LogP) is 2.68. The summed E-state index contributed by atoms with van der Waals surface area (Å²) in [6.45, 7) is 3.50. The van der Waals surface area contributed by atoms with E-state index in [0.29, 0.717) is 25.3 Å². The molecular formula is C20H24N4O3S2. The Morgan fingerprint density at radius 2 is 2.10 bits per heavy atom. The van der Waals surface area contributed by atoms with Gasteiger partial charge in [0, 0.05) is 31.2 Å². The number of nitrogens with zero attached hydrogens (tertiary/aromatic N) is 3. The summed E-state index contributed by atoms with van der Waals surface area (Å²) in [5.41, 5.74) is 2.27. The van der Waals surface area contributed by atoms with Crippen molar-refractivity contribution in [3.05, 3.63) is 58.9 Å². The third kappa shape index (κ3) is 4.68. The molecule has 1 amide bonds. The Kier molecular flexibility index (Phi) is 5.71. The topological polar surface area (TPSA) is 83.8 Å². The molecular weight excluding hydrogens is 408 g/mol. The van der Waals surface area contributed by atoms with Gasteiger partial charge in [0.1, 0.15) is 5.69 Å². The van der Waals surface area contributed by atoms with Gasteiger partial charge in [-0.15, -0.1) is 11.3 Å². The van der Waals surface area contributed by atoms with Crippen LogP contribution in [0.1, 0.15) is 34.6 Å². The van der Waals surface area contributed by atoms with Crippen LogP contribution in [0.2, 0.25) is 0 Å². The van der Waals surface area contributed by atoms with Crippen molar-refractivity contribution in [2.45, 2.75) is 25.5 Å². The van der Waals surface area contributed by atoms with Crippen LogP contribution in [-0.2, 0) is 15.8 Å². The van der Waals surface area contributed by atoms with Crippen LogP contribution >= 0.6 is 11.3 Å². The molecule has 154 valence electrons. The van der Waals surface area contributed by atoms with E-state index >= 15 is 0 Å². The molecule has 9 heteroatoms. The first kappa shape index (κ1) is 20.1. The van der Waals surface area contributed by atoms with E-state index in [9.17, 15) is 13.2 Å². The summed E-state index contributed by atoms with van der Waals surface area (Å²) in [4.78, 5) is 20.1. The zero-order valence-corrected chi connectivity index (χ0v) is 17.9. The number of fused-ring (bicyclic) bond motifs is 1. The van der Waals surface area contributed by atoms with Crippen LogP contribution < -0.4 is 4.72 Å². The molecule has 3 heterocycles. The number of carbonyl (C=O) groups is 1. The van der Waals surface area contributed by atoms with Crippen molar-refractivity contribution >= 4 is 32.2 Å². The number of hydrogen-bond donors (Lipinski definition) is 1. The van der Waals surface area contributed by atoms with Crippen LogP contribution in [0, 0.1) is 12.8 Å². The van der Waals surface area contributed by atoms with E-state index in [1.165, 1.54) is 11.3 Å². The molecule has 0 saturated carbocycles. The van der Waals surface area contributed by atoms with E-state index in [0.717, 1.165) is 29.1 Å². The molecule has 1 saturated heterocycles. The molecule has 1 atom stereocenters. The van der Waals surface area contributed by atoms with E-state index in [4.69, 9.17) is 0 Å². The molecule has 1 N–H and O–H groups in total. The van der Waals surface area contributed by atoms with Gasteiger partial charge in [-0.25, -0.2) is 18.1 Å². The van der Waals surface area contributed by atoms with Crippen molar-refractivity contribution in [1.29, 1.82) is 0 Å². The molecule has 7 nitrogen and oxygen atoms in total. The highest BCUT2D eigenvalue weighted by Crippen LogP contribution is 2.22. The van der Waals surface area contributed by atoms with Gasteiger partial charge in [0.15, 0.2) is 4.96 Å². The van der Waals surface area contributed by atoms with Gasteiger partial charge in [-0.05, 0) is 31.2 Å². The zero-order valence-electron chi connectivity index (χ0n) is 16.2. The van der Waals surface area contributed by atoms with E-state index < -0.39 is 10.0 Å². The molecule has 0 spiro atoms. The molecule has 0 unspecified atom stereocenters. The molecule has 1 aromatic carbocycles. The number of amides is 1. The van der Waals surface area contributed by atoms with Crippen molar-refractivity contribution in [2.24, 2.45) is 5.92 Å². The quantitative estimate of drug-likeness (QED) is 0.649. The minimum absolute atomic E-state index is 0.0227. The number of nitrogens with one attached hydrogen (secondary N) is 1. The molecule has 1 aliphatic rings. The predicted molar refractivity (Wildman–Crippen MR) is 114 cm³/mol. The Hall–Kier alpha value is -2.23. The van der Waals surface area contributed by atoms with Gasteiger partial charge in [-0.2, -0.15) is 0 Å². The summed E-state index contributed by atoms with van der Waals surface area (Å²) < 4.78 is 29.4. The van der Waals surface area contributed by atoms with E-state index in [1.54, 1.807) is 12.1 Å². The number of aryl methyl sites for hydroxylation is 1. The highest BCUT2D eigenvalue weighted by molar-refractivity contribution is 7.88. The fourth-order valence-corrected chi connectivity index (χ4v) is 5.83. The summed E-state index contributed by atoms with van der Waals surface area (Å²) in [7, 11) is -3.41. The van der Waals surface area contributed by atoms with E-state index in [2.05, 4.69) is 9.71 Å². The first-order chi connectivity index (χ1) is 13.9. The smallest absolute Gasteiger partial charge is 0.271 e. The number of imidazole rings is 1. The van der Waals surface area contributed by atoms with Crippen molar-refractivity contribution in [2.75, 3.05) is 19.6 Å². The minimum atomic E-state index is -3.41. The first-order valence-electron chi connectivity index (χ1n) is 9.65. The fourth-order valence-electron chi connectivity index (χ4n) is 3.72. The van der Waals surface area contributed by atoms with E-state index in [-0.39, 0.29) is 17.6 Å². The van der Waals surface area contributed by atoms with Crippen LogP contribution in [0.3, 0.4) is 0 Å². The maximum Gasteiger partial charge on any atom is 0.271 e. The number of sulfonamides is 1. The standard InChI is InChI=1S/C20H24N4O3S2/c1-15-11-24-18(13-28-20(24)22-15)19(25)23-9-5-8-17(12-23)10-21-29(26,27)14-16-6-3-2-4-7-16/h2-4,6-7,11,13,17,21H,5,8-10,12,14H2,1H3/t17-/m0/s1. The SMILES string of the molecule is Cc1cn2c(C(=O)N3CCC[C@@H](CNS(=O)(=O)Cc4ccccc4)C3)csc2n1. The van der Waals surface area contributed by atoms with Crippen molar-refractivity contribution in [3.8, 4) is 0 Å². The summed E-state index contributed by atoms with van der Waals surface area (Å²) in [5, 5.41) is 1.84. The highest BCUT2D eigenvalue weighted by Gasteiger charge is 2.27. The average molecular weight is 433 g/mol. The largest absolute Gasteiger partial charge is 0.337 e. The van der Waals surface area contributed by atoms with Gasteiger partial charge >= 0.3 is 0 Å². The lowest BCUT2D eigenvalue weighted by Crippen LogP contribution is -2.44.